The van der Waals surface area contributed by atoms with Gasteiger partial charge in [-0.1, -0.05) is 6.92 Å². The Labute approximate surface area is 112 Å². The first-order valence-electron chi connectivity index (χ1n) is 6.26. The molecule has 2 aromatic heterocycles. The van der Waals surface area contributed by atoms with Crippen LogP contribution in [0, 0.1) is 0 Å². The molecular formula is C14H17N3O2. The van der Waals surface area contributed by atoms with Gasteiger partial charge in [-0.05, 0) is 37.6 Å². The Bertz CT molecular complexity index is 520. The van der Waals surface area contributed by atoms with Crippen LogP contribution in [0.1, 0.15) is 30.8 Å². The SMILES string of the molecule is CCC(C)Nc1ccc(NC(=O)c2ccco2)cn1. The van der Waals surface area contributed by atoms with E-state index >= 15 is 0 Å². The van der Waals surface area contributed by atoms with Gasteiger partial charge in [0.05, 0.1) is 18.1 Å². The summed E-state index contributed by atoms with van der Waals surface area (Å²) >= 11 is 0. The van der Waals surface area contributed by atoms with Crippen LogP contribution in [0.15, 0.2) is 41.1 Å². The van der Waals surface area contributed by atoms with Crippen molar-refractivity contribution in [2.24, 2.45) is 0 Å². The summed E-state index contributed by atoms with van der Waals surface area (Å²) in [5, 5.41) is 5.97. The molecule has 0 radical (unpaired) electrons. The first kappa shape index (κ1) is 13.1. The Morgan fingerprint density at radius 2 is 2.26 bits per heavy atom. The molecule has 1 unspecified atom stereocenters. The third-order valence-electron chi connectivity index (χ3n) is 2.77. The van der Waals surface area contributed by atoms with Gasteiger partial charge in [-0.3, -0.25) is 4.79 Å². The first-order chi connectivity index (χ1) is 9.19. The third-order valence-corrected chi connectivity index (χ3v) is 2.77. The number of nitrogens with one attached hydrogen (secondary N) is 2. The molecule has 0 fully saturated rings. The van der Waals surface area contributed by atoms with Crippen LogP contribution in [0.5, 0.6) is 0 Å². The number of anilines is 2. The minimum Gasteiger partial charge on any atom is -0.459 e. The van der Waals surface area contributed by atoms with Crippen LogP contribution in [0.2, 0.25) is 0 Å². The smallest absolute Gasteiger partial charge is 0.291 e. The lowest BCUT2D eigenvalue weighted by molar-refractivity contribution is 0.0996. The molecule has 0 saturated heterocycles. The Hall–Kier alpha value is -2.30. The summed E-state index contributed by atoms with van der Waals surface area (Å²) in [7, 11) is 0. The molecule has 100 valence electrons. The fraction of sp³-hybridized carbons (Fsp3) is 0.286. The van der Waals surface area contributed by atoms with Gasteiger partial charge < -0.3 is 15.1 Å². The molecule has 1 atom stereocenters. The van der Waals surface area contributed by atoms with Gasteiger partial charge in [-0.25, -0.2) is 4.98 Å². The average molecular weight is 259 g/mol. The fourth-order valence-corrected chi connectivity index (χ4v) is 1.51. The van der Waals surface area contributed by atoms with Crippen LogP contribution < -0.4 is 10.6 Å². The minimum absolute atomic E-state index is 0.279. The quantitative estimate of drug-likeness (QED) is 0.865. The molecule has 2 aromatic rings. The molecule has 5 heteroatoms. The number of aromatic nitrogens is 1. The molecule has 0 bridgehead atoms. The summed E-state index contributed by atoms with van der Waals surface area (Å²) in [5.74, 6) is 0.793. The lowest BCUT2D eigenvalue weighted by Crippen LogP contribution is -2.15. The largest absolute Gasteiger partial charge is 0.459 e. The molecule has 0 saturated carbocycles. The van der Waals surface area contributed by atoms with Crippen molar-refractivity contribution in [1.82, 2.24) is 4.98 Å². The van der Waals surface area contributed by atoms with E-state index in [0.717, 1.165) is 12.2 Å². The molecule has 0 aliphatic rings. The number of carbonyl (C=O) groups is 1. The van der Waals surface area contributed by atoms with Crippen LogP contribution in [0.25, 0.3) is 0 Å². The van der Waals surface area contributed by atoms with E-state index in [9.17, 15) is 4.79 Å². The van der Waals surface area contributed by atoms with Gasteiger partial charge >= 0.3 is 0 Å². The van der Waals surface area contributed by atoms with Gasteiger partial charge in [0, 0.05) is 6.04 Å². The van der Waals surface area contributed by atoms with Crippen molar-refractivity contribution in [2.45, 2.75) is 26.3 Å². The van der Waals surface area contributed by atoms with Crippen molar-refractivity contribution in [2.75, 3.05) is 10.6 Å². The number of hydrogen-bond acceptors (Lipinski definition) is 4. The molecule has 19 heavy (non-hydrogen) atoms. The van der Waals surface area contributed by atoms with Crippen LogP contribution in [0.3, 0.4) is 0 Å². The van der Waals surface area contributed by atoms with E-state index in [1.165, 1.54) is 6.26 Å². The summed E-state index contributed by atoms with van der Waals surface area (Å²) < 4.78 is 5.01. The highest BCUT2D eigenvalue weighted by molar-refractivity contribution is 6.02. The summed E-state index contributed by atoms with van der Waals surface area (Å²) in [6.45, 7) is 4.20. The number of furan rings is 1. The van der Waals surface area contributed by atoms with Crippen molar-refractivity contribution in [3.8, 4) is 0 Å². The molecule has 2 heterocycles. The molecule has 1 amide bonds. The Morgan fingerprint density at radius 3 is 2.84 bits per heavy atom. The second-order valence-corrected chi connectivity index (χ2v) is 4.32. The van der Waals surface area contributed by atoms with Crippen LogP contribution in [-0.4, -0.2) is 16.9 Å². The van der Waals surface area contributed by atoms with Crippen LogP contribution >= 0.6 is 0 Å². The van der Waals surface area contributed by atoms with E-state index in [1.54, 1.807) is 24.4 Å². The first-order valence-corrected chi connectivity index (χ1v) is 6.26. The fourth-order valence-electron chi connectivity index (χ4n) is 1.51. The highest BCUT2D eigenvalue weighted by atomic mass is 16.3. The summed E-state index contributed by atoms with van der Waals surface area (Å²) in [4.78, 5) is 16.0. The number of pyridine rings is 1. The second kappa shape index (κ2) is 6.04. The number of amides is 1. The molecule has 0 aliphatic heterocycles. The van der Waals surface area contributed by atoms with Crippen LogP contribution in [0.4, 0.5) is 11.5 Å². The molecule has 5 nitrogen and oxygen atoms in total. The molecule has 0 spiro atoms. The molecule has 0 aromatic carbocycles. The monoisotopic (exact) mass is 259 g/mol. The molecular weight excluding hydrogens is 242 g/mol. The van der Waals surface area contributed by atoms with E-state index in [4.69, 9.17) is 4.42 Å². The summed E-state index contributed by atoms with van der Waals surface area (Å²) in [5.41, 5.74) is 0.635. The van der Waals surface area contributed by atoms with E-state index in [-0.39, 0.29) is 11.7 Å². The van der Waals surface area contributed by atoms with Gasteiger partial charge in [0.1, 0.15) is 5.82 Å². The third kappa shape index (κ3) is 3.58. The standard InChI is InChI=1S/C14H17N3O2/c1-3-10(2)16-13-7-6-11(9-15-13)17-14(18)12-5-4-8-19-12/h4-10H,3H2,1-2H3,(H,15,16)(H,17,18). The van der Waals surface area contributed by atoms with E-state index in [2.05, 4.69) is 29.5 Å². The van der Waals surface area contributed by atoms with Crippen molar-refractivity contribution in [1.29, 1.82) is 0 Å². The zero-order valence-corrected chi connectivity index (χ0v) is 11.0. The van der Waals surface area contributed by atoms with Crippen molar-refractivity contribution in [3.63, 3.8) is 0 Å². The Morgan fingerprint density at radius 1 is 1.42 bits per heavy atom. The van der Waals surface area contributed by atoms with Gasteiger partial charge in [-0.2, -0.15) is 0 Å². The lowest BCUT2D eigenvalue weighted by atomic mass is 10.2. The lowest BCUT2D eigenvalue weighted by Gasteiger charge is -2.12. The normalized spacial score (nSPS) is 11.9. The minimum atomic E-state index is -0.283. The van der Waals surface area contributed by atoms with Gasteiger partial charge in [0.15, 0.2) is 5.76 Å². The van der Waals surface area contributed by atoms with E-state index in [1.807, 2.05) is 6.07 Å². The Balaban J connectivity index is 1.97. The van der Waals surface area contributed by atoms with E-state index in [0.29, 0.717) is 11.7 Å². The van der Waals surface area contributed by atoms with Gasteiger partial charge in [-0.15, -0.1) is 0 Å². The zero-order valence-electron chi connectivity index (χ0n) is 11.0. The number of carbonyl (C=O) groups excluding carboxylic acids is 1. The van der Waals surface area contributed by atoms with Crippen molar-refractivity contribution >= 4 is 17.4 Å². The maximum Gasteiger partial charge on any atom is 0.291 e. The summed E-state index contributed by atoms with van der Waals surface area (Å²) in [6.07, 6.45) is 4.11. The number of nitrogens with zero attached hydrogens (tertiary/aromatic N) is 1. The van der Waals surface area contributed by atoms with Crippen molar-refractivity contribution < 1.29 is 9.21 Å². The maximum absolute atomic E-state index is 11.7. The van der Waals surface area contributed by atoms with Crippen LogP contribution in [-0.2, 0) is 0 Å². The number of rotatable bonds is 5. The highest BCUT2D eigenvalue weighted by Gasteiger charge is 2.08. The van der Waals surface area contributed by atoms with Crippen molar-refractivity contribution in [3.05, 3.63) is 42.5 Å². The molecule has 0 aliphatic carbocycles. The van der Waals surface area contributed by atoms with E-state index < -0.39 is 0 Å². The zero-order chi connectivity index (χ0) is 13.7. The summed E-state index contributed by atoms with van der Waals surface area (Å²) in [6, 6.07) is 7.30. The van der Waals surface area contributed by atoms with Gasteiger partial charge in [0.25, 0.3) is 5.91 Å². The average Bonchev–Trinajstić information content (AvgIpc) is 2.95. The maximum atomic E-state index is 11.7. The predicted octanol–water partition coefficient (Wildman–Crippen LogP) is 3.14. The highest BCUT2D eigenvalue weighted by Crippen LogP contribution is 2.12. The molecule has 2 N–H and O–H groups in total. The second-order valence-electron chi connectivity index (χ2n) is 4.32. The topological polar surface area (TPSA) is 67.2 Å². The number of hydrogen-bond donors (Lipinski definition) is 2. The molecule has 2 rings (SSSR count). The predicted molar refractivity (Wildman–Crippen MR) is 74.3 cm³/mol. The Kier molecular flexibility index (Phi) is 4.18. The van der Waals surface area contributed by atoms with Gasteiger partial charge in [0.2, 0.25) is 0 Å².